The average molecular weight is 278 g/mol. The lowest BCUT2D eigenvalue weighted by atomic mass is 10.1. The van der Waals surface area contributed by atoms with Crippen LogP contribution in [0.4, 0.5) is 0 Å². The molecule has 0 amide bonds. The van der Waals surface area contributed by atoms with Crippen molar-refractivity contribution in [2.75, 3.05) is 0 Å². The summed E-state index contributed by atoms with van der Waals surface area (Å²) in [4.78, 5) is 3.10. The van der Waals surface area contributed by atoms with Gasteiger partial charge in [-0.2, -0.15) is 0 Å². The summed E-state index contributed by atoms with van der Waals surface area (Å²) in [5.74, 6) is 0. The summed E-state index contributed by atoms with van der Waals surface area (Å²) < 4.78 is 2.83. The van der Waals surface area contributed by atoms with E-state index >= 15 is 0 Å². The van der Waals surface area contributed by atoms with Gasteiger partial charge >= 0.3 is 0 Å². The molecule has 0 spiro atoms. The number of nitrogens with zero attached hydrogens (tertiary/aromatic N) is 1. The fraction of sp³-hybridized carbons (Fsp3) is 0.118. The van der Waals surface area contributed by atoms with Crippen molar-refractivity contribution < 1.29 is 0 Å². The molecule has 1 aliphatic carbocycles. The zero-order valence-corrected chi connectivity index (χ0v) is 12.0. The minimum Gasteiger partial charge on any atom is -0.337 e. The molecule has 0 aliphatic heterocycles. The second kappa shape index (κ2) is 4.18. The molecule has 1 aliphatic rings. The fourth-order valence-corrected chi connectivity index (χ4v) is 3.36. The molecule has 2 nitrogen and oxygen atoms in total. The predicted octanol–water partition coefficient (Wildman–Crippen LogP) is 4.41. The van der Waals surface area contributed by atoms with E-state index in [4.69, 9.17) is 12.2 Å². The highest BCUT2D eigenvalue weighted by molar-refractivity contribution is 7.71. The lowest BCUT2D eigenvalue weighted by Crippen LogP contribution is -1.97. The number of imidazole rings is 1. The summed E-state index contributed by atoms with van der Waals surface area (Å²) in [6.45, 7) is 2.06. The molecule has 20 heavy (non-hydrogen) atoms. The molecule has 98 valence electrons. The van der Waals surface area contributed by atoms with Crippen LogP contribution < -0.4 is 0 Å². The van der Waals surface area contributed by atoms with E-state index in [1.807, 2.05) is 6.20 Å². The summed E-state index contributed by atoms with van der Waals surface area (Å²) >= 11 is 5.36. The van der Waals surface area contributed by atoms with Crippen molar-refractivity contribution in [3.63, 3.8) is 0 Å². The minimum atomic E-state index is 0.748. The van der Waals surface area contributed by atoms with Crippen LogP contribution in [0, 0.1) is 11.7 Å². The molecular weight excluding hydrogens is 264 g/mol. The number of hydrogen-bond donors (Lipinski definition) is 1. The molecule has 0 unspecified atom stereocenters. The van der Waals surface area contributed by atoms with E-state index in [9.17, 15) is 0 Å². The van der Waals surface area contributed by atoms with Crippen LogP contribution in [0.3, 0.4) is 0 Å². The minimum absolute atomic E-state index is 0.748. The number of aromatic nitrogens is 2. The molecular formula is C17H14N2S. The average Bonchev–Trinajstić information content (AvgIpc) is 2.98. The van der Waals surface area contributed by atoms with E-state index in [0.29, 0.717) is 0 Å². The zero-order valence-electron chi connectivity index (χ0n) is 11.2. The molecule has 1 heterocycles. The zero-order chi connectivity index (χ0) is 13.7. The van der Waals surface area contributed by atoms with E-state index in [2.05, 4.69) is 58.9 Å². The first kappa shape index (κ1) is 11.7. The number of fused-ring (bicyclic) bond motifs is 3. The van der Waals surface area contributed by atoms with Crippen LogP contribution in [0.25, 0.3) is 16.8 Å². The summed E-state index contributed by atoms with van der Waals surface area (Å²) in [5, 5.41) is 0. The molecule has 0 saturated heterocycles. The SMILES string of the molecule is Cc1c[nH]c(=S)n1-c1ccc2c(c1)Cc1ccccc1-2. The highest BCUT2D eigenvalue weighted by Crippen LogP contribution is 2.37. The van der Waals surface area contributed by atoms with Crippen molar-refractivity contribution in [2.24, 2.45) is 0 Å². The Hall–Kier alpha value is -2.13. The summed E-state index contributed by atoms with van der Waals surface area (Å²) in [6.07, 6.45) is 2.96. The Balaban J connectivity index is 1.89. The van der Waals surface area contributed by atoms with Gasteiger partial charge in [0.2, 0.25) is 0 Å². The van der Waals surface area contributed by atoms with Gasteiger partial charge in [-0.3, -0.25) is 4.57 Å². The van der Waals surface area contributed by atoms with Gasteiger partial charge in [0.05, 0.1) is 0 Å². The standard InChI is InChI=1S/C17H14N2S/c1-11-10-18-17(20)19(11)14-6-7-16-13(9-14)8-12-4-2-3-5-15(12)16/h2-7,9-10H,8H2,1H3,(H,18,20). The first-order chi connectivity index (χ1) is 9.74. The quantitative estimate of drug-likeness (QED) is 0.511. The van der Waals surface area contributed by atoms with Gasteiger partial charge in [-0.15, -0.1) is 0 Å². The number of hydrogen-bond acceptors (Lipinski definition) is 1. The second-order valence-electron chi connectivity index (χ2n) is 5.25. The first-order valence-corrected chi connectivity index (χ1v) is 7.13. The highest BCUT2D eigenvalue weighted by Gasteiger charge is 2.18. The maximum Gasteiger partial charge on any atom is 0.182 e. The van der Waals surface area contributed by atoms with Crippen molar-refractivity contribution in [3.05, 3.63) is 70.3 Å². The summed E-state index contributed by atoms with van der Waals surface area (Å²) in [7, 11) is 0. The normalized spacial score (nSPS) is 12.2. The van der Waals surface area contributed by atoms with Crippen molar-refractivity contribution >= 4 is 12.2 Å². The van der Waals surface area contributed by atoms with Crippen molar-refractivity contribution in [1.82, 2.24) is 9.55 Å². The number of benzene rings is 2. The highest BCUT2D eigenvalue weighted by atomic mass is 32.1. The topological polar surface area (TPSA) is 20.7 Å². The number of rotatable bonds is 1. The lowest BCUT2D eigenvalue weighted by Gasteiger charge is -2.08. The molecule has 2 aromatic carbocycles. The van der Waals surface area contributed by atoms with Crippen LogP contribution >= 0.6 is 12.2 Å². The molecule has 0 radical (unpaired) electrons. The maximum atomic E-state index is 5.36. The van der Waals surface area contributed by atoms with Gasteiger partial charge in [-0.1, -0.05) is 30.3 Å². The van der Waals surface area contributed by atoms with Crippen LogP contribution in [-0.2, 0) is 6.42 Å². The first-order valence-electron chi connectivity index (χ1n) is 6.72. The number of aryl methyl sites for hydroxylation is 1. The number of aromatic amines is 1. The number of nitrogens with one attached hydrogen (secondary N) is 1. The van der Waals surface area contributed by atoms with E-state index in [1.165, 1.54) is 22.3 Å². The molecule has 3 aromatic rings. The third-order valence-electron chi connectivity index (χ3n) is 4.00. The smallest absolute Gasteiger partial charge is 0.182 e. The van der Waals surface area contributed by atoms with Gasteiger partial charge in [0.25, 0.3) is 0 Å². The summed E-state index contributed by atoms with van der Waals surface area (Å²) in [6, 6.07) is 15.2. The van der Waals surface area contributed by atoms with E-state index in [0.717, 1.165) is 22.6 Å². The molecule has 4 rings (SSSR count). The summed E-state index contributed by atoms with van der Waals surface area (Å²) in [5.41, 5.74) is 7.78. The van der Waals surface area contributed by atoms with Crippen molar-refractivity contribution in [2.45, 2.75) is 13.3 Å². The molecule has 0 saturated carbocycles. The van der Waals surface area contributed by atoms with Crippen LogP contribution in [-0.4, -0.2) is 9.55 Å². The fourth-order valence-electron chi connectivity index (χ4n) is 3.05. The van der Waals surface area contributed by atoms with Crippen molar-refractivity contribution in [1.29, 1.82) is 0 Å². The van der Waals surface area contributed by atoms with Gasteiger partial charge < -0.3 is 4.98 Å². The van der Waals surface area contributed by atoms with Gasteiger partial charge in [-0.05, 0) is 59.9 Å². The van der Waals surface area contributed by atoms with E-state index in [1.54, 1.807) is 0 Å². The van der Waals surface area contributed by atoms with Gasteiger partial charge in [-0.25, -0.2) is 0 Å². The van der Waals surface area contributed by atoms with Crippen LogP contribution in [0.15, 0.2) is 48.7 Å². The molecule has 0 atom stereocenters. The predicted molar refractivity (Wildman–Crippen MR) is 83.9 cm³/mol. The largest absolute Gasteiger partial charge is 0.337 e. The molecule has 0 bridgehead atoms. The monoisotopic (exact) mass is 278 g/mol. The lowest BCUT2D eigenvalue weighted by molar-refractivity contribution is 0.982. The van der Waals surface area contributed by atoms with Gasteiger partial charge in [0, 0.05) is 17.6 Å². The second-order valence-corrected chi connectivity index (χ2v) is 5.63. The Morgan fingerprint density at radius 1 is 1.05 bits per heavy atom. The molecule has 0 fully saturated rings. The Morgan fingerprint density at radius 3 is 2.65 bits per heavy atom. The van der Waals surface area contributed by atoms with E-state index in [-0.39, 0.29) is 0 Å². The van der Waals surface area contributed by atoms with Gasteiger partial charge in [0.15, 0.2) is 4.77 Å². The number of H-pyrrole nitrogens is 1. The van der Waals surface area contributed by atoms with Crippen LogP contribution in [0.5, 0.6) is 0 Å². The Bertz CT molecular complexity index is 871. The Labute approximate surface area is 122 Å². The Kier molecular flexibility index (Phi) is 2.44. The molecule has 1 aromatic heterocycles. The van der Waals surface area contributed by atoms with Crippen LogP contribution in [0.2, 0.25) is 0 Å². The van der Waals surface area contributed by atoms with Gasteiger partial charge in [0.1, 0.15) is 0 Å². The molecule has 3 heteroatoms. The Morgan fingerprint density at radius 2 is 1.85 bits per heavy atom. The van der Waals surface area contributed by atoms with E-state index < -0.39 is 0 Å². The van der Waals surface area contributed by atoms with Crippen molar-refractivity contribution in [3.8, 4) is 16.8 Å². The third kappa shape index (κ3) is 1.60. The molecule has 1 N–H and O–H groups in total. The van der Waals surface area contributed by atoms with Crippen LogP contribution in [0.1, 0.15) is 16.8 Å². The third-order valence-corrected chi connectivity index (χ3v) is 4.30. The maximum absolute atomic E-state index is 5.36.